The van der Waals surface area contributed by atoms with E-state index in [-0.39, 0.29) is 0 Å². The van der Waals surface area contributed by atoms with Gasteiger partial charge in [0, 0.05) is 18.2 Å². The lowest BCUT2D eigenvalue weighted by Crippen LogP contribution is -2.05. The molecule has 0 aliphatic rings. The van der Waals surface area contributed by atoms with Crippen molar-refractivity contribution >= 4 is 0 Å². The Morgan fingerprint density at radius 1 is 1.29 bits per heavy atom. The molecule has 0 amide bonds. The van der Waals surface area contributed by atoms with E-state index >= 15 is 0 Å². The Labute approximate surface area is 99.8 Å². The van der Waals surface area contributed by atoms with E-state index in [0.29, 0.717) is 12.0 Å². The minimum atomic E-state index is -0.834. The van der Waals surface area contributed by atoms with E-state index in [2.05, 4.69) is 4.98 Å². The van der Waals surface area contributed by atoms with Gasteiger partial charge in [-0.15, -0.1) is 0 Å². The highest BCUT2D eigenvalue weighted by Gasteiger charge is 2.13. The summed E-state index contributed by atoms with van der Waals surface area (Å²) in [6.07, 6.45) is 2.18. The summed E-state index contributed by atoms with van der Waals surface area (Å²) in [5, 5.41) is 10.0. The monoisotopic (exact) mass is 231 g/mol. The molecule has 0 bridgehead atoms. The summed E-state index contributed by atoms with van der Waals surface area (Å²) in [6, 6.07) is 9.29. The van der Waals surface area contributed by atoms with Crippen LogP contribution in [-0.2, 0) is 6.42 Å². The van der Waals surface area contributed by atoms with Crippen LogP contribution in [0, 0.1) is 12.7 Å². The zero-order valence-corrected chi connectivity index (χ0v) is 9.60. The fourth-order valence-corrected chi connectivity index (χ4v) is 1.81. The highest BCUT2D eigenvalue weighted by molar-refractivity contribution is 5.28. The summed E-state index contributed by atoms with van der Waals surface area (Å²) >= 11 is 0. The molecule has 1 heterocycles. The van der Waals surface area contributed by atoms with Crippen LogP contribution in [0.25, 0.3) is 0 Å². The number of hydrogen-bond acceptors (Lipinski definition) is 2. The number of pyridine rings is 1. The lowest BCUT2D eigenvalue weighted by Gasteiger charge is -2.13. The fourth-order valence-electron chi connectivity index (χ4n) is 1.81. The maximum absolute atomic E-state index is 13.4. The second kappa shape index (κ2) is 5.06. The normalized spacial score (nSPS) is 12.4. The molecule has 88 valence electrons. The Morgan fingerprint density at radius 2 is 2.06 bits per heavy atom. The van der Waals surface area contributed by atoms with Gasteiger partial charge in [-0.05, 0) is 24.1 Å². The third-order valence-electron chi connectivity index (χ3n) is 2.84. The molecule has 1 aromatic carbocycles. The first-order valence-corrected chi connectivity index (χ1v) is 5.50. The number of aromatic nitrogens is 1. The molecule has 2 nitrogen and oxygen atoms in total. The van der Waals surface area contributed by atoms with Gasteiger partial charge in [0.2, 0.25) is 0 Å². The van der Waals surface area contributed by atoms with Gasteiger partial charge in [0.15, 0.2) is 0 Å². The third kappa shape index (κ3) is 2.68. The highest BCUT2D eigenvalue weighted by atomic mass is 19.1. The number of aliphatic hydroxyl groups excluding tert-OH is 1. The number of halogens is 1. The molecule has 2 rings (SSSR count). The molecular formula is C14H14FNO. The first kappa shape index (κ1) is 11.7. The average Bonchev–Trinajstić information content (AvgIpc) is 2.32. The van der Waals surface area contributed by atoms with Crippen LogP contribution in [0.4, 0.5) is 4.39 Å². The summed E-state index contributed by atoms with van der Waals surface area (Å²) in [5.41, 5.74) is 2.42. The Morgan fingerprint density at radius 3 is 2.76 bits per heavy atom. The van der Waals surface area contributed by atoms with Crippen molar-refractivity contribution in [2.75, 3.05) is 0 Å². The zero-order chi connectivity index (χ0) is 12.3. The van der Waals surface area contributed by atoms with Gasteiger partial charge in [0.1, 0.15) is 5.82 Å². The van der Waals surface area contributed by atoms with Crippen molar-refractivity contribution in [1.29, 1.82) is 0 Å². The van der Waals surface area contributed by atoms with Crippen molar-refractivity contribution in [3.63, 3.8) is 0 Å². The van der Waals surface area contributed by atoms with Gasteiger partial charge in [0.05, 0.1) is 12.3 Å². The summed E-state index contributed by atoms with van der Waals surface area (Å²) < 4.78 is 13.4. The molecule has 0 aliphatic heterocycles. The maximum Gasteiger partial charge on any atom is 0.147 e. The van der Waals surface area contributed by atoms with Crippen molar-refractivity contribution in [2.24, 2.45) is 0 Å². The molecule has 0 fully saturated rings. The van der Waals surface area contributed by atoms with Crippen molar-refractivity contribution in [2.45, 2.75) is 19.4 Å². The molecule has 0 aliphatic carbocycles. The number of aryl methyl sites for hydroxylation is 1. The molecule has 2 aromatic rings. The molecule has 0 radical (unpaired) electrons. The number of hydrogen-bond donors (Lipinski definition) is 1. The molecular weight excluding hydrogens is 217 g/mol. The van der Waals surface area contributed by atoms with Gasteiger partial charge in [-0.25, -0.2) is 4.39 Å². The quantitative estimate of drug-likeness (QED) is 0.881. The van der Waals surface area contributed by atoms with E-state index in [4.69, 9.17) is 0 Å². The van der Waals surface area contributed by atoms with Gasteiger partial charge >= 0.3 is 0 Å². The van der Waals surface area contributed by atoms with E-state index < -0.39 is 11.9 Å². The predicted molar refractivity (Wildman–Crippen MR) is 64.0 cm³/mol. The zero-order valence-electron chi connectivity index (χ0n) is 9.60. The van der Waals surface area contributed by atoms with E-state index in [1.165, 1.54) is 12.3 Å². The number of aliphatic hydroxyl groups is 1. The SMILES string of the molecule is Cc1ccccc1CC(O)c1ccncc1F. The molecule has 0 spiro atoms. The van der Waals surface area contributed by atoms with Gasteiger partial charge in [-0.3, -0.25) is 4.98 Å². The van der Waals surface area contributed by atoms with Crippen LogP contribution in [0.15, 0.2) is 42.7 Å². The molecule has 0 saturated carbocycles. The first-order valence-electron chi connectivity index (χ1n) is 5.50. The lowest BCUT2D eigenvalue weighted by molar-refractivity contribution is 0.173. The predicted octanol–water partition coefficient (Wildman–Crippen LogP) is 2.81. The van der Waals surface area contributed by atoms with Gasteiger partial charge < -0.3 is 5.11 Å². The summed E-state index contributed by atoms with van der Waals surface area (Å²) in [5.74, 6) is -0.464. The molecule has 17 heavy (non-hydrogen) atoms. The Hall–Kier alpha value is -1.74. The largest absolute Gasteiger partial charge is 0.388 e. The summed E-state index contributed by atoms with van der Waals surface area (Å²) in [4.78, 5) is 3.67. The van der Waals surface area contributed by atoms with Gasteiger partial charge in [0.25, 0.3) is 0 Å². The minimum Gasteiger partial charge on any atom is -0.388 e. The second-order valence-electron chi connectivity index (χ2n) is 4.04. The fraction of sp³-hybridized carbons (Fsp3) is 0.214. The van der Waals surface area contributed by atoms with Crippen LogP contribution in [-0.4, -0.2) is 10.1 Å². The van der Waals surface area contributed by atoms with Crippen LogP contribution in [0.3, 0.4) is 0 Å². The van der Waals surface area contributed by atoms with Gasteiger partial charge in [-0.1, -0.05) is 24.3 Å². The standard InChI is InChI=1S/C14H14FNO/c1-10-4-2-3-5-11(10)8-14(17)12-6-7-16-9-13(12)15/h2-7,9,14,17H,8H2,1H3. The van der Waals surface area contributed by atoms with Crippen molar-refractivity contribution in [3.05, 3.63) is 65.2 Å². The van der Waals surface area contributed by atoms with Crippen LogP contribution in [0.1, 0.15) is 22.8 Å². The number of benzene rings is 1. The Bertz CT molecular complexity index is 513. The van der Waals surface area contributed by atoms with Crippen LogP contribution in [0.5, 0.6) is 0 Å². The molecule has 3 heteroatoms. The highest BCUT2D eigenvalue weighted by Crippen LogP contribution is 2.21. The molecule has 1 unspecified atom stereocenters. The summed E-state index contributed by atoms with van der Waals surface area (Å²) in [7, 11) is 0. The molecule has 1 N–H and O–H groups in total. The van der Waals surface area contributed by atoms with E-state index in [0.717, 1.165) is 17.3 Å². The summed E-state index contributed by atoms with van der Waals surface area (Å²) in [6.45, 7) is 1.98. The topological polar surface area (TPSA) is 33.1 Å². The average molecular weight is 231 g/mol. The van der Waals surface area contributed by atoms with Crippen LogP contribution >= 0.6 is 0 Å². The van der Waals surface area contributed by atoms with Gasteiger partial charge in [-0.2, -0.15) is 0 Å². The van der Waals surface area contributed by atoms with Crippen molar-refractivity contribution in [3.8, 4) is 0 Å². The first-order chi connectivity index (χ1) is 8.18. The van der Waals surface area contributed by atoms with E-state index in [1.54, 1.807) is 0 Å². The second-order valence-corrected chi connectivity index (χ2v) is 4.04. The molecule has 0 saturated heterocycles. The smallest absolute Gasteiger partial charge is 0.147 e. The van der Waals surface area contributed by atoms with E-state index in [1.807, 2.05) is 31.2 Å². The van der Waals surface area contributed by atoms with E-state index in [9.17, 15) is 9.50 Å². The lowest BCUT2D eigenvalue weighted by atomic mass is 9.99. The minimum absolute atomic E-state index is 0.295. The number of rotatable bonds is 3. The van der Waals surface area contributed by atoms with Crippen LogP contribution in [0.2, 0.25) is 0 Å². The third-order valence-corrected chi connectivity index (χ3v) is 2.84. The maximum atomic E-state index is 13.4. The number of nitrogens with zero attached hydrogens (tertiary/aromatic N) is 1. The Balaban J connectivity index is 2.20. The molecule has 1 aromatic heterocycles. The molecule has 1 atom stereocenters. The van der Waals surface area contributed by atoms with Crippen molar-refractivity contribution < 1.29 is 9.50 Å². The van der Waals surface area contributed by atoms with Crippen molar-refractivity contribution in [1.82, 2.24) is 4.98 Å². The Kier molecular flexibility index (Phi) is 3.49. The van der Waals surface area contributed by atoms with Crippen LogP contribution < -0.4 is 0 Å².